The molecule has 114 valence electrons. The second-order valence-corrected chi connectivity index (χ2v) is 5.70. The Bertz CT molecular complexity index is 710. The predicted octanol–water partition coefficient (Wildman–Crippen LogP) is 3.46. The van der Waals surface area contributed by atoms with Crippen molar-refractivity contribution in [2.24, 2.45) is 22.4 Å². The molecule has 0 aromatic heterocycles. The van der Waals surface area contributed by atoms with E-state index >= 15 is 0 Å². The fourth-order valence-corrected chi connectivity index (χ4v) is 2.86. The number of benzene rings is 1. The molecule has 1 heterocycles. The van der Waals surface area contributed by atoms with Gasteiger partial charge in [-0.2, -0.15) is 5.26 Å². The molecule has 0 radical (unpaired) electrons. The summed E-state index contributed by atoms with van der Waals surface area (Å²) in [4.78, 5) is 4.42. The summed E-state index contributed by atoms with van der Waals surface area (Å²) < 4.78 is 0. The number of rotatable bonds is 3. The Morgan fingerprint density at radius 1 is 1.45 bits per heavy atom. The average Bonchev–Trinajstić information content (AvgIpc) is 2.53. The van der Waals surface area contributed by atoms with Gasteiger partial charge in [0.2, 0.25) is 0 Å². The van der Waals surface area contributed by atoms with Crippen LogP contribution in [0.3, 0.4) is 0 Å². The molecule has 2 unspecified atom stereocenters. The molecule has 0 aliphatic carbocycles. The van der Waals surface area contributed by atoms with Gasteiger partial charge in [-0.05, 0) is 24.0 Å². The van der Waals surface area contributed by atoms with Gasteiger partial charge in [-0.15, -0.1) is 0 Å². The van der Waals surface area contributed by atoms with Crippen LogP contribution in [0.15, 0.2) is 52.3 Å². The quantitative estimate of drug-likeness (QED) is 0.895. The molecule has 1 aliphatic heterocycles. The van der Waals surface area contributed by atoms with Crippen molar-refractivity contribution < 1.29 is 0 Å². The molecular formula is C17H19ClN4. The molecule has 0 saturated carbocycles. The fraction of sp³-hybridized carbons (Fsp3) is 0.294. The molecule has 4 N–H and O–H groups in total. The SMILES string of the molecule is CCC(C)C1=C(C#N)C(c2ccccc2Cl)/C(=C/N)C(N)=N1. The van der Waals surface area contributed by atoms with Crippen LogP contribution in [0.25, 0.3) is 0 Å². The molecule has 0 fully saturated rings. The molecule has 0 amide bonds. The summed E-state index contributed by atoms with van der Waals surface area (Å²) >= 11 is 6.33. The van der Waals surface area contributed by atoms with Gasteiger partial charge in [0.15, 0.2) is 0 Å². The van der Waals surface area contributed by atoms with Gasteiger partial charge in [0.25, 0.3) is 0 Å². The first-order chi connectivity index (χ1) is 10.5. The minimum Gasteiger partial charge on any atom is -0.404 e. The van der Waals surface area contributed by atoms with Gasteiger partial charge in [-0.3, -0.25) is 0 Å². The monoisotopic (exact) mass is 314 g/mol. The van der Waals surface area contributed by atoms with Crippen LogP contribution in [0.2, 0.25) is 5.02 Å². The van der Waals surface area contributed by atoms with E-state index < -0.39 is 0 Å². The number of allylic oxidation sites excluding steroid dienone is 2. The molecule has 0 saturated heterocycles. The zero-order chi connectivity index (χ0) is 16.3. The van der Waals surface area contributed by atoms with Crippen LogP contribution in [0.1, 0.15) is 31.7 Å². The lowest BCUT2D eigenvalue weighted by molar-refractivity contribution is 0.633. The van der Waals surface area contributed by atoms with Crippen molar-refractivity contribution in [3.63, 3.8) is 0 Å². The van der Waals surface area contributed by atoms with Crippen molar-refractivity contribution in [3.05, 3.63) is 57.9 Å². The van der Waals surface area contributed by atoms with E-state index in [9.17, 15) is 5.26 Å². The number of nitrogens with zero attached hydrogens (tertiary/aromatic N) is 2. The first-order valence-corrected chi connectivity index (χ1v) is 7.57. The maximum Gasteiger partial charge on any atom is 0.129 e. The molecule has 2 atom stereocenters. The Morgan fingerprint density at radius 3 is 2.68 bits per heavy atom. The number of nitrogens with two attached hydrogens (primary N) is 2. The number of hydrogen-bond acceptors (Lipinski definition) is 4. The Morgan fingerprint density at radius 2 is 2.14 bits per heavy atom. The third-order valence-electron chi connectivity index (χ3n) is 4.01. The van der Waals surface area contributed by atoms with Crippen molar-refractivity contribution in [2.45, 2.75) is 26.2 Å². The highest BCUT2D eigenvalue weighted by Gasteiger charge is 2.33. The van der Waals surface area contributed by atoms with Crippen LogP contribution in [-0.2, 0) is 0 Å². The van der Waals surface area contributed by atoms with E-state index in [4.69, 9.17) is 23.1 Å². The van der Waals surface area contributed by atoms with Crippen molar-refractivity contribution in [3.8, 4) is 6.07 Å². The topological polar surface area (TPSA) is 88.2 Å². The van der Waals surface area contributed by atoms with E-state index in [-0.39, 0.29) is 11.8 Å². The van der Waals surface area contributed by atoms with Crippen molar-refractivity contribution in [2.75, 3.05) is 0 Å². The lowest BCUT2D eigenvalue weighted by Crippen LogP contribution is -2.28. The van der Waals surface area contributed by atoms with Gasteiger partial charge in [-0.1, -0.05) is 43.6 Å². The van der Waals surface area contributed by atoms with Crippen molar-refractivity contribution in [1.82, 2.24) is 0 Å². The summed E-state index contributed by atoms with van der Waals surface area (Å²) in [6.07, 6.45) is 2.28. The molecule has 0 spiro atoms. The minimum atomic E-state index is -0.370. The van der Waals surface area contributed by atoms with E-state index in [1.165, 1.54) is 6.20 Å². The number of amidine groups is 1. The second-order valence-electron chi connectivity index (χ2n) is 5.29. The summed E-state index contributed by atoms with van der Waals surface area (Å²) in [5, 5.41) is 10.3. The van der Waals surface area contributed by atoms with Gasteiger partial charge >= 0.3 is 0 Å². The summed E-state index contributed by atoms with van der Waals surface area (Å²) in [5.41, 5.74) is 14.5. The van der Waals surface area contributed by atoms with Gasteiger partial charge in [-0.25, -0.2) is 4.99 Å². The largest absolute Gasteiger partial charge is 0.404 e. The number of nitriles is 1. The zero-order valence-corrected chi connectivity index (χ0v) is 13.4. The lowest BCUT2D eigenvalue weighted by atomic mass is 9.80. The molecule has 1 aliphatic rings. The van der Waals surface area contributed by atoms with E-state index in [2.05, 4.69) is 18.0 Å². The predicted molar refractivity (Wildman–Crippen MR) is 90.2 cm³/mol. The number of aliphatic imine (C=N–C) groups is 1. The molecule has 0 bridgehead atoms. The third-order valence-corrected chi connectivity index (χ3v) is 4.35. The summed E-state index contributed by atoms with van der Waals surface area (Å²) in [5.74, 6) is 0.115. The summed E-state index contributed by atoms with van der Waals surface area (Å²) in [7, 11) is 0. The number of hydrogen-bond donors (Lipinski definition) is 2. The Labute approximate surface area is 135 Å². The molecule has 5 heteroatoms. The van der Waals surface area contributed by atoms with Crippen molar-refractivity contribution in [1.29, 1.82) is 5.26 Å². The highest BCUT2D eigenvalue weighted by Crippen LogP contribution is 2.41. The Hall–Kier alpha value is -2.25. The van der Waals surface area contributed by atoms with Crippen molar-refractivity contribution >= 4 is 17.4 Å². The smallest absolute Gasteiger partial charge is 0.129 e. The normalized spacial score (nSPS) is 21.5. The highest BCUT2D eigenvalue weighted by atomic mass is 35.5. The van der Waals surface area contributed by atoms with Gasteiger partial charge in [0, 0.05) is 16.8 Å². The average molecular weight is 315 g/mol. The van der Waals surface area contributed by atoms with Gasteiger partial charge in [0.05, 0.1) is 23.3 Å². The van der Waals surface area contributed by atoms with Crippen LogP contribution >= 0.6 is 11.6 Å². The van der Waals surface area contributed by atoms with Crippen LogP contribution in [-0.4, -0.2) is 5.84 Å². The maximum atomic E-state index is 9.70. The first-order valence-electron chi connectivity index (χ1n) is 7.20. The molecule has 1 aromatic rings. The van der Waals surface area contributed by atoms with Crippen LogP contribution in [0.4, 0.5) is 0 Å². The van der Waals surface area contributed by atoms with E-state index in [1.54, 1.807) is 6.07 Å². The zero-order valence-electron chi connectivity index (χ0n) is 12.7. The van der Waals surface area contributed by atoms with E-state index in [0.29, 0.717) is 22.0 Å². The highest BCUT2D eigenvalue weighted by molar-refractivity contribution is 6.31. The molecule has 4 nitrogen and oxygen atoms in total. The van der Waals surface area contributed by atoms with Crippen LogP contribution < -0.4 is 11.5 Å². The standard InChI is InChI=1S/C17H19ClN4/c1-3-10(2)16-12(8-19)15(13(9-20)17(21)22-16)11-6-4-5-7-14(11)18/h4-7,9-10,15H,3,20H2,1-2H3,(H2,21,22)/b13-9-. The maximum absolute atomic E-state index is 9.70. The first kappa shape index (κ1) is 16.1. The molecule has 22 heavy (non-hydrogen) atoms. The lowest BCUT2D eigenvalue weighted by Gasteiger charge is -2.28. The summed E-state index contributed by atoms with van der Waals surface area (Å²) in [6.45, 7) is 4.08. The number of halogens is 1. The van der Waals surface area contributed by atoms with Crippen LogP contribution in [0, 0.1) is 17.2 Å². The van der Waals surface area contributed by atoms with E-state index in [1.807, 2.05) is 25.1 Å². The fourth-order valence-electron chi connectivity index (χ4n) is 2.61. The third kappa shape index (κ3) is 2.72. The van der Waals surface area contributed by atoms with Gasteiger partial charge in [0.1, 0.15) is 5.84 Å². The second kappa shape index (κ2) is 6.67. The Balaban J connectivity index is 2.73. The molecule has 2 rings (SSSR count). The Kier molecular flexibility index (Phi) is 4.89. The summed E-state index contributed by atoms with van der Waals surface area (Å²) in [6, 6.07) is 9.71. The minimum absolute atomic E-state index is 0.137. The molecular weight excluding hydrogens is 296 g/mol. The van der Waals surface area contributed by atoms with E-state index in [0.717, 1.165) is 17.7 Å². The van der Waals surface area contributed by atoms with Crippen LogP contribution in [0.5, 0.6) is 0 Å². The van der Waals surface area contributed by atoms with Gasteiger partial charge < -0.3 is 11.5 Å². The molecule has 1 aromatic carbocycles.